The van der Waals surface area contributed by atoms with Gasteiger partial charge >= 0.3 is 0 Å². The Kier molecular flexibility index (Phi) is 8.85. The molecule has 0 fully saturated rings. The number of hydrogen-bond donors (Lipinski definition) is 0. The van der Waals surface area contributed by atoms with E-state index < -0.39 is 0 Å². The molecule has 0 atom stereocenters. The van der Waals surface area contributed by atoms with Crippen LogP contribution in [0.5, 0.6) is 0 Å². The van der Waals surface area contributed by atoms with E-state index in [0.29, 0.717) is 0 Å². The Hall–Kier alpha value is 0.440. The van der Waals surface area contributed by atoms with Crippen LogP contribution < -0.4 is 0 Å². The van der Waals surface area contributed by atoms with E-state index in [2.05, 4.69) is 25.3 Å². The van der Waals surface area contributed by atoms with Crippen molar-refractivity contribution < 1.29 is 0 Å². The molecule has 0 aromatic rings. The minimum absolute atomic E-state index is 1.17. The first-order chi connectivity index (χ1) is 4.41. The summed E-state index contributed by atoms with van der Waals surface area (Å²) in [6.45, 7) is 4.35. The first-order valence-corrected chi connectivity index (χ1v) is 5.46. The molecule has 0 saturated carbocycles. The van der Waals surface area contributed by atoms with E-state index in [9.17, 15) is 0 Å². The second-order valence-electron chi connectivity index (χ2n) is 1.49. The standard InChI is InChI=1S/C7H14S2/c1-3-8-6-5-7-9-4-2/h5-6H,3-4,7H2,1-2H3/b6-5-. The molecule has 0 heterocycles. The van der Waals surface area contributed by atoms with Gasteiger partial charge in [0.15, 0.2) is 0 Å². The van der Waals surface area contributed by atoms with Gasteiger partial charge in [0.2, 0.25) is 0 Å². The van der Waals surface area contributed by atoms with Crippen LogP contribution in [0.3, 0.4) is 0 Å². The molecule has 0 bridgehead atoms. The third-order valence-corrected chi connectivity index (χ3v) is 2.33. The van der Waals surface area contributed by atoms with Crippen molar-refractivity contribution in [3.63, 3.8) is 0 Å². The average Bonchev–Trinajstić information content (AvgIpc) is 1.89. The van der Waals surface area contributed by atoms with Crippen molar-refractivity contribution in [2.24, 2.45) is 0 Å². The van der Waals surface area contributed by atoms with E-state index in [1.165, 1.54) is 17.3 Å². The predicted molar refractivity (Wildman–Crippen MR) is 50.3 cm³/mol. The van der Waals surface area contributed by atoms with Crippen molar-refractivity contribution in [1.29, 1.82) is 0 Å². The summed E-state index contributed by atoms with van der Waals surface area (Å²) >= 11 is 3.82. The quantitative estimate of drug-likeness (QED) is 0.570. The van der Waals surface area contributed by atoms with Gasteiger partial charge in [-0.25, -0.2) is 0 Å². The second-order valence-corrected chi connectivity index (χ2v) is 3.99. The van der Waals surface area contributed by atoms with Crippen molar-refractivity contribution >= 4 is 23.5 Å². The number of hydrogen-bond acceptors (Lipinski definition) is 2. The summed E-state index contributed by atoms with van der Waals surface area (Å²) in [7, 11) is 0. The minimum atomic E-state index is 1.17. The topological polar surface area (TPSA) is 0 Å². The Bertz CT molecular complexity index is 69.3. The van der Waals surface area contributed by atoms with Gasteiger partial charge in [0.1, 0.15) is 0 Å². The molecular formula is C7H14S2. The lowest BCUT2D eigenvalue weighted by atomic mass is 10.8. The highest BCUT2D eigenvalue weighted by Gasteiger charge is 1.76. The van der Waals surface area contributed by atoms with Crippen LogP contribution in [0.25, 0.3) is 0 Å². The molecule has 54 valence electrons. The van der Waals surface area contributed by atoms with Gasteiger partial charge in [-0.3, -0.25) is 0 Å². The normalized spacial score (nSPS) is 10.9. The number of rotatable bonds is 5. The Morgan fingerprint density at radius 1 is 1.22 bits per heavy atom. The molecule has 0 unspecified atom stereocenters. The highest BCUT2D eigenvalue weighted by Crippen LogP contribution is 2.03. The fourth-order valence-corrected chi connectivity index (χ4v) is 1.40. The van der Waals surface area contributed by atoms with E-state index in [1.807, 2.05) is 23.5 Å². The molecule has 0 amide bonds. The molecule has 0 rings (SSSR count). The maximum atomic E-state index is 2.22. The predicted octanol–water partition coefficient (Wildman–Crippen LogP) is 3.01. The molecule has 9 heavy (non-hydrogen) atoms. The largest absolute Gasteiger partial charge is 0.158 e. The molecule has 2 heteroatoms. The molecule has 0 radical (unpaired) electrons. The summed E-state index contributed by atoms with van der Waals surface area (Å²) < 4.78 is 0. The Balaban J connectivity index is 2.86. The van der Waals surface area contributed by atoms with Crippen LogP contribution in [-0.2, 0) is 0 Å². The first-order valence-electron chi connectivity index (χ1n) is 3.26. The fourth-order valence-electron chi connectivity index (χ4n) is 0.389. The fraction of sp³-hybridized carbons (Fsp3) is 0.714. The van der Waals surface area contributed by atoms with Crippen LogP contribution in [0.4, 0.5) is 0 Å². The average molecular weight is 162 g/mol. The summed E-state index contributed by atoms with van der Waals surface area (Å²) in [4.78, 5) is 0. The minimum Gasteiger partial charge on any atom is -0.158 e. The molecule has 0 spiro atoms. The van der Waals surface area contributed by atoms with Crippen molar-refractivity contribution in [2.75, 3.05) is 17.3 Å². The third kappa shape index (κ3) is 8.44. The molecule has 0 aromatic carbocycles. The Morgan fingerprint density at radius 2 is 2.00 bits per heavy atom. The summed E-state index contributed by atoms with van der Waals surface area (Å²) in [5, 5.41) is 2.18. The van der Waals surface area contributed by atoms with Gasteiger partial charge in [-0.2, -0.15) is 11.8 Å². The SMILES string of the molecule is CCS/C=C\CSCC. The van der Waals surface area contributed by atoms with Crippen LogP contribution in [0.1, 0.15) is 13.8 Å². The third-order valence-electron chi connectivity index (χ3n) is 0.777. The Morgan fingerprint density at radius 3 is 2.56 bits per heavy atom. The molecule has 0 aliphatic heterocycles. The van der Waals surface area contributed by atoms with Crippen molar-refractivity contribution in [2.45, 2.75) is 13.8 Å². The van der Waals surface area contributed by atoms with Crippen LogP contribution in [0, 0.1) is 0 Å². The summed E-state index contributed by atoms with van der Waals surface area (Å²) in [6.07, 6.45) is 2.22. The van der Waals surface area contributed by atoms with E-state index in [4.69, 9.17) is 0 Å². The van der Waals surface area contributed by atoms with Crippen LogP contribution >= 0.6 is 23.5 Å². The zero-order valence-corrected chi connectivity index (χ0v) is 7.73. The van der Waals surface area contributed by atoms with Crippen LogP contribution in [0.2, 0.25) is 0 Å². The molecule has 0 aliphatic carbocycles. The van der Waals surface area contributed by atoms with Gasteiger partial charge in [0.05, 0.1) is 0 Å². The highest BCUT2D eigenvalue weighted by atomic mass is 32.2. The van der Waals surface area contributed by atoms with Gasteiger partial charge in [-0.1, -0.05) is 19.9 Å². The monoisotopic (exact) mass is 162 g/mol. The van der Waals surface area contributed by atoms with Crippen LogP contribution in [0.15, 0.2) is 11.5 Å². The van der Waals surface area contributed by atoms with Gasteiger partial charge in [0.25, 0.3) is 0 Å². The number of thioether (sulfide) groups is 2. The van der Waals surface area contributed by atoms with Crippen LogP contribution in [-0.4, -0.2) is 17.3 Å². The lowest BCUT2D eigenvalue weighted by Crippen LogP contribution is -1.70. The molecule has 0 aliphatic rings. The lowest BCUT2D eigenvalue weighted by Gasteiger charge is -1.87. The first kappa shape index (κ1) is 9.44. The van der Waals surface area contributed by atoms with E-state index >= 15 is 0 Å². The molecule has 0 N–H and O–H groups in total. The summed E-state index contributed by atoms with van der Waals surface area (Å²) in [6, 6.07) is 0. The Labute approximate surface area is 66.5 Å². The van der Waals surface area contributed by atoms with E-state index in [1.54, 1.807) is 0 Å². The second kappa shape index (κ2) is 8.44. The zero-order chi connectivity index (χ0) is 6.95. The van der Waals surface area contributed by atoms with Crippen molar-refractivity contribution in [3.05, 3.63) is 11.5 Å². The molecule has 0 nitrogen and oxygen atoms in total. The van der Waals surface area contributed by atoms with E-state index in [-0.39, 0.29) is 0 Å². The van der Waals surface area contributed by atoms with Gasteiger partial charge in [-0.05, 0) is 16.9 Å². The smallest absolute Gasteiger partial charge is 0.0121 e. The van der Waals surface area contributed by atoms with Gasteiger partial charge < -0.3 is 0 Å². The van der Waals surface area contributed by atoms with Crippen molar-refractivity contribution in [3.8, 4) is 0 Å². The molecular weight excluding hydrogens is 148 g/mol. The maximum absolute atomic E-state index is 2.22. The lowest BCUT2D eigenvalue weighted by molar-refractivity contribution is 1.52. The van der Waals surface area contributed by atoms with Gasteiger partial charge in [0, 0.05) is 5.75 Å². The molecule has 0 aromatic heterocycles. The highest BCUT2D eigenvalue weighted by molar-refractivity contribution is 8.02. The van der Waals surface area contributed by atoms with E-state index in [0.717, 1.165) is 0 Å². The summed E-state index contributed by atoms with van der Waals surface area (Å²) in [5.41, 5.74) is 0. The summed E-state index contributed by atoms with van der Waals surface area (Å²) in [5.74, 6) is 3.58. The maximum Gasteiger partial charge on any atom is 0.0121 e. The van der Waals surface area contributed by atoms with Gasteiger partial charge in [-0.15, -0.1) is 11.8 Å². The zero-order valence-electron chi connectivity index (χ0n) is 6.09. The van der Waals surface area contributed by atoms with Crippen molar-refractivity contribution in [1.82, 2.24) is 0 Å². The molecule has 0 saturated heterocycles.